The summed E-state index contributed by atoms with van der Waals surface area (Å²) in [6.07, 6.45) is 2.01. The summed E-state index contributed by atoms with van der Waals surface area (Å²) < 4.78 is 10.7. The Morgan fingerprint density at radius 3 is 2.18 bits per heavy atom. The van der Waals surface area contributed by atoms with Gasteiger partial charge < -0.3 is 14.8 Å². The average Bonchev–Trinajstić information content (AvgIpc) is 2.69. The van der Waals surface area contributed by atoms with E-state index in [4.69, 9.17) is 9.47 Å². The molecule has 0 bridgehead atoms. The van der Waals surface area contributed by atoms with E-state index in [-0.39, 0.29) is 17.4 Å². The van der Waals surface area contributed by atoms with Crippen molar-refractivity contribution < 1.29 is 14.3 Å². The third kappa shape index (κ3) is 5.75. The molecule has 152 valence electrons. The summed E-state index contributed by atoms with van der Waals surface area (Å²) >= 11 is 0. The zero-order valence-corrected chi connectivity index (χ0v) is 18.0. The van der Waals surface area contributed by atoms with Crippen LogP contribution >= 0.6 is 0 Å². The molecule has 4 heteroatoms. The van der Waals surface area contributed by atoms with Crippen molar-refractivity contribution in [3.05, 3.63) is 59.2 Å². The van der Waals surface area contributed by atoms with Crippen molar-refractivity contribution in [2.75, 3.05) is 14.2 Å². The van der Waals surface area contributed by atoms with Crippen molar-refractivity contribution >= 4 is 5.91 Å². The summed E-state index contributed by atoms with van der Waals surface area (Å²) in [6.45, 7) is 8.67. The molecular formula is C24H33NO3. The third-order valence-electron chi connectivity index (χ3n) is 5.01. The number of hydrogen-bond acceptors (Lipinski definition) is 3. The third-order valence-corrected chi connectivity index (χ3v) is 5.01. The highest BCUT2D eigenvalue weighted by molar-refractivity contribution is 5.76. The maximum absolute atomic E-state index is 12.5. The molecule has 0 fully saturated rings. The Kier molecular flexibility index (Phi) is 7.50. The van der Waals surface area contributed by atoms with E-state index in [1.165, 1.54) is 11.1 Å². The first kappa shape index (κ1) is 21.8. The summed E-state index contributed by atoms with van der Waals surface area (Å²) in [5.74, 6) is 1.42. The first-order valence-corrected chi connectivity index (χ1v) is 9.89. The molecular weight excluding hydrogens is 350 g/mol. The second-order valence-corrected chi connectivity index (χ2v) is 8.09. The van der Waals surface area contributed by atoms with Crippen LogP contribution in [0.4, 0.5) is 0 Å². The lowest BCUT2D eigenvalue weighted by molar-refractivity contribution is -0.121. The van der Waals surface area contributed by atoms with Crippen molar-refractivity contribution in [3.8, 4) is 11.5 Å². The molecule has 0 saturated heterocycles. The number of benzene rings is 2. The van der Waals surface area contributed by atoms with Crippen LogP contribution in [0.2, 0.25) is 0 Å². The normalized spacial score (nSPS) is 12.4. The van der Waals surface area contributed by atoms with E-state index in [2.05, 4.69) is 57.3 Å². The maximum atomic E-state index is 12.5. The highest BCUT2D eigenvalue weighted by Crippen LogP contribution is 2.31. The van der Waals surface area contributed by atoms with Crippen LogP contribution in [-0.2, 0) is 16.6 Å². The lowest BCUT2D eigenvalue weighted by Gasteiger charge is -2.20. The fourth-order valence-electron chi connectivity index (χ4n) is 3.19. The van der Waals surface area contributed by atoms with Gasteiger partial charge in [-0.15, -0.1) is 0 Å². The summed E-state index contributed by atoms with van der Waals surface area (Å²) in [6, 6.07) is 14.3. The Bertz CT molecular complexity index is 775. The molecule has 1 amide bonds. The van der Waals surface area contributed by atoms with Crippen molar-refractivity contribution in [1.82, 2.24) is 5.32 Å². The van der Waals surface area contributed by atoms with Crippen LogP contribution in [0.15, 0.2) is 42.5 Å². The number of nitrogens with one attached hydrogen (secondary N) is 1. The second kappa shape index (κ2) is 9.63. The molecule has 0 radical (unpaired) electrons. The van der Waals surface area contributed by atoms with Crippen LogP contribution in [-0.4, -0.2) is 20.1 Å². The number of carbonyl (C=O) groups excluding carboxylic acids is 1. The molecule has 0 unspecified atom stereocenters. The van der Waals surface area contributed by atoms with Gasteiger partial charge in [0.05, 0.1) is 20.3 Å². The molecule has 0 aliphatic carbocycles. The molecule has 0 heterocycles. The van der Waals surface area contributed by atoms with Gasteiger partial charge in [0.25, 0.3) is 0 Å². The van der Waals surface area contributed by atoms with Gasteiger partial charge in [-0.25, -0.2) is 0 Å². The molecule has 1 N–H and O–H groups in total. The van der Waals surface area contributed by atoms with Gasteiger partial charge in [0, 0.05) is 6.42 Å². The number of methoxy groups -OCH3 is 2. The first-order chi connectivity index (χ1) is 13.3. The average molecular weight is 384 g/mol. The van der Waals surface area contributed by atoms with Gasteiger partial charge in [-0.3, -0.25) is 4.79 Å². The van der Waals surface area contributed by atoms with Crippen LogP contribution in [0.1, 0.15) is 63.3 Å². The molecule has 0 saturated carbocycles. The molecule has 2 aromatic carbocycles. The van der Waals surface area contributed by atoms with E-state index >= 15 is 0 Å². The summed E-state index contributed by atoms with van der Waals surface area (Å²) in [5.41, 5.74) is 3.65. The molecule has 4 nitrogen and oxygen atoms in total. The Hall–Kier alpha value is -2.49. The number of aryl methyl sites for hydroxylation is 1. The van der Waals surface area contributed by atoms with Crippen LogP contribution in [0, 0.1) is 0 Å². The molecule has 0 aromatic heterocycles. The number of amides is 1. The van der Waals surface area contributed by atoms with Crippen molar-refractivity contribution in [2.45, 2.75) is 58.4 Å². The summed E-state index contributed by atoms with van der Waals surface area (Å²) in [7, 11) is 3.23. The minimum atomic E-state index is -0.0458. The smallest absolute Gasteiger partial charge is 0.220 e. The maximum Gasteiger partial charge on any atom is 0.220 e. The number of rotatable bonds is 8. The molecule has 28 heavy (non-hydrogen) atoms. The van der Waals surface area contributed by atoms with Crippen molar-refractivity contribution in [3.63, 3.8) is 0 Å². The molecule has 0 aliphatic heterocycles. The second-order valence-electron chi connectivity index (χ2n) is 8.09. The van der Waals surface area contributed by atoms with E-state index < -0.39 is 0 Å². The predicted octanol–water partition coefficient (Wildman–Crippen LogP) is 5.20. The van der Waals surface area contributed by atoms with Crippen LogP contribution in [0.25, 0.3) is 0 Å². The van der Waals surface area contributed by atoms with E-state index in [9.17, 15) is 4.79 Å². The largest absolute Gasteiger partial charge is 0.493 e. The van der Waals surface area contributed by atoms with Crippen molar-refractivity contribution in [2.24, 2.45) is 0 Å². The number of hydrogen-bond donors (Lipinski definition) is 1. The zero-order valence-electron chi connectivity index (χ0n) is 18.0. The monoisotopic (exact) mass is 383 g/mol. The zero-order chi connectivity index (χ0) is 20.7. The fourth-order valence-corrected chi connectivity index (χ4v) is 3.19. The highest BCUT2D eigenvalue weighted by atomic mass is 16.5. The van der Waals surface area contributed by atoms with Gasteiger partial charge in [0.15, 0.2) is 11.5 Å². The predicted molar refractivity (Wildman–Crippen MR) is 114 cm³/mol. The van der Waals surface area contributed by atoms with Crippen LogP contribution < -0.4 is 14.8 Å². The number of carbonyl (C=O) groups is 1. The number of ether oxygens (including phenoxy) is 2. The Morgan fingerprint density at radius 2 is 1.64 bits per heavy atom. The van der Waals surface area contributed by atoms with E-state index in [0.717, 1.165) is 18.4 Å². The van der Waals surface area contributed by atoms with Gasteiger partial charge in [0.2, 0.25) is 5.91 Å². The van der Waals surface area contributed by atoms with Gasteiger partial charge >= 0.3 is 0 Å². The van der Waals surface area contributed by atoms with E-state index in [0.29, 0.717) is 17.9 Å². The van der Waals surface area contributed by atoms with Crippen LogP contribution in [0.3, 0.4) is 0 Å². The lowest BCUT2D eigenvalue weighted by Crippen LogP contribution is -2.28. The Balaban J connectivity index is 1.97. The minimum absolute atomic E-state index is 0.0458. The molecule has 0 aliphatic rings. The molecule has 0 spiro atoms. The van der Waals surface area contributed by atoms with Crippen LogP contribution in [0.5, 0.6) is 11.5 Å². The molecule has 2 aromatic rings. The standard InChI is InChI=1S/C24H33NO3/c1-7-20(18-11-14-21(27-5)22(16-18)28-6)25-23(26)15-10-17-8-12-19(13-9-17)24(2,3)4/h8-9,11-14,16,20H,7,10,15H2,1-6H3,(H,25,26)/t20-/m0/s1. The first-order valence-electron chi connectivity index (χ1n) is 9.89. The lowest BCUT2D eigenvalue weighted by atomic mass is 9.86. The van der Waals surface area contributed by atoms with Gasteiger partial charge in [0.1, 0.15) is 0 Å². The van der Waals surface area contributed by atoms with Gasteiger partial charge in [-0.05, 0) is 47.1 Å². The topological polar surface area (TPSA) is 47.6 Å². The SMILES string of the molecule is CC[C@H](NC(=O)CCc1ccc(C(C)(C)C)cc1)c1ccc(OC)c(OC)c1. The minimum Gasteiger partial charge on any atom is -0.493 e. The quantitative estimate of drug-likeness (QED) is 0.681. The van der Waals surface area contributed by atoms with E-state index in [1.807, 2.05) is 18.2 Å². The molecule has 2 rings (SSSR count). The Morgan fingerprint density at radius 1 is 1.00 bits per heavy atom. The highest BCUT2D eigenvalue weighted by Gasteiger charge is 2.16. The van der Waals surface area contributed by atoms with Crippen molar-refractivity contribution in [1.29, 1.82) is 0 Å². The summed E-state index contributed by atoms with van der Waals surface area (Å²) in [5, 5.41) is 3.14. The fraction of sp³-hybridized carbons (Fsp3) is 0.458. The van der Waals surface area contributed by atoms with Gasteiger partial charge in [-0.1, -0.05) is 58.0 Å². The van der Waals surface area contributed by atoms with E-state index in [1.54, 1.807) is 14.2 Å². The van der Waals surface area contributed by atoms with Gasteiger partial charge in [-0.2, -0.15) is 0 Å². The Labute approximate surface area is 169 Å². The summed E-state index contributed by atoms with van der Waals surface area (Å²) in [4.78, 5) is 12.5. The molecule has 1 atom stereocenters.